The number of halogens is 1. The van der Waals surface area contributed by atoms with Gasteiger partial charge in [-0.25, -0.2) is 9.89 Å². The normalized spacial score (nSPS) is 11.3. The molecule has 7 heteroatoms. The smallest absolute Gasteiger partial charge is 0.313 e. The van der Waals surface area contributed by atoms with E-state index in [-0.39, 0.29) is 11.7 Å². The van der Waals surface area contributed by atoms with E-state index in [2.05, 4.69) is 22.4 Å². The Morgan fingerprint density at radius 1 is 1.48 bits per heavy atom. The number of nitrogens with one attached hydrogen (secondary N) is 2. The topological polar surface area (TPSA) is 62.7 Å². The molecule has 21 heavy (non-hydrogen) atoms. The molecule has 2 N–H and O–H groups in total. The van der Waals surface area contributed by atoms with Crippen LogP contribution in [-0.4, -0.2) is 21.3 Å². The van der Waals surface area contributed by atoms with Crippen LogP contribution in [0.3, 0.4) is 0 Å². The van der Waals surface area contributed by atoms with E-state index in [9.17, 15) is 4.79 Å². The van der Waals surface area contributed by atoms with Gasteiger partial charge >= 0.3 is 5.69 Å². The third kappa shape index (κ3) is 3.90. The summed E-state index contributed by atoms with van der Waals surface area (Å²) in [6.45, 7) is 7.67. The molecule has 1 heterocycles. The minimum Gasteiger partial charge on any atom is -0.313 e. The van der Waals surface area contributed by atoms with Gasteiger partial charge < -0.3 is 5.32 Å². The number of aromatic nitrogens is 3. The highest BCUT2D eigenvalue weighted by molar-refractivity contribution is 7.99. The van der Waals surface area contributed by atoms with Crippen LogP contribution in [0, 0.1) is 0 Å². The maximum absolute atomic E-state index is 11.7. The molecule has 0 amide bonds. The summed E-state index contributed by atoms with van der Waals surface area (Å²) in [5, 5.41) is 11.1. The molecule has 0 aliphatic heterocycles. The van der Waals surface area contributed by atoms with E-state index in [1.54, 1.807) is 4.57 Å². The summed E-state index contributed by atoms with van der Waals surface area (Å²) in [5.74, 6) is 0. The summed E-state index contributed by atoms with van der Waals surface area (Å²) < 4.78 is 1.62. The average molecular weight is 327 g/mol. The van der Waals surface area contributed by atoms with Crippen molar-refractivity contribution in [3.05, 3.63) is 39.3 Å². The van der Waals surface area contributed by atoms with Crippen molar-refractivity contribution in [3.63, 3.8) is 0 Å². The molecule has 0 atom stereocenters. The zero-order valence-corrected chi connectivity index (χ0v) is 13.9. The monoisotopic (exact) mass is 326 g/mol. The first-order valence-corrected chi connectivity index (χ1v) is 8.06. The van der Waals surface area contributed by atoms with Crippen molar-refractivity contribution < 1.29 is 0 Å². The standard InChI is InChI=1S/C14H19ClN4OS/c1-4-16-8-10-5-6-12(11(15)7-10)21-14-18-17-13(20)19(14)9(2)3/h5-7,9,16H,4,8H2,1-3H3,(H,17,20). The largest absolute Gasteiger partial charge is 0.344 e. The van der Waals surface area contributed by atoms with Gasteiger partial charge in [0.1, 0.15) is 0 Å². The van der Waals surface area contributed by atoms with Gasteiger partial charge in [-0.05, 0) is 49.9 Å². The fraction of sp³-hybridized carbons (Fsp3) is 0.429. The van der Waals surface area contributed by atoms with Crippen LogP contribution in [0.2, 0.25) is 5.02 Å². The number of hydrogen-bond donors (Lipinski definition) is 2. The Kier molecular flexibility index (Phi) is 5.50. The molecule has 0 fully saturated rings. The van der Waals surface area contributed by atoms with Crippen molar-refractivity contribution in [2.45, 2.75) is 43.4 Å². The molecular weight excluding hydrogens is 308 g/mol. The van der Waals surface area contributed by atoms with Crippen LogP contribution >= 0.6 is 23.4 Å². The molecule has 0 bridgehead atoms. The van der Waals surface area contributed by atoms with E-state index in [4.69, 9.17) is 11.6 Å². The van der Waals surface area contributed by atoms with Gasteiger partial charge in [-0.3, -0.25) is 4.57 Å². The van der Waals surface area contributed by atoms with Gasteiger partial charge in [0, 0.05) is 17.5 Å². The number of rotatable bonds is 6. The Bertz CT molecular complexity index is 665. The van der Waals surface area contributed by atoms with Gasteiger partial charge in [0.05, 0.1) is 5.02 Å². The molecule has 5 nitrogen and oxygen atoms in total. The van der Waals surface area contributed by atoms with Crippen LogP contribution < -0.4 is 11.0 Å². The second kappa shape index (κ2) is 7.15. The zero-order valence-electron chi connectivity index (χ0n) is 12.3. The van der Waals surface area contributed by atoms with E-state index in [0.29, 0.717) is 10.2 Å². The van der Waals surface area contributed by atoms with Crippen LogP contribution in [0.1, 0.15) is 32.4 Å². The highest BCUT2D eigenvalue weighted by Crippen LogP contribution is 2.33. The number of H-pyrrole nitrogens is 1. The van der Waals surface area contributed by atoms with Gasteiger partial charge in [-0.15, -0.1) is 5.10 Å². The SMILES string of the molecule is CCNCc1ccc(Sc2n[nH]c(=O)n2C(C)C)c(Cl)c1. The molecule has 0 spiro atoms. The Balaban J connectivity index is 2.22. The lowest BCUT2D eigenvalue weighted by Crippen LogP contribution is -2.19. The van der Waals surface area contributed by atoms with E-state index < -0.39 is 0 Å². The fourth-order valence-electron chi connectivity index (χ4n) is 1.92. The first-order chi connectivity index (χ1) is 10.0. The van der Waals surface area contributed by atoms with Crippen molar-refractivity contribution in [2.75, 3.05) is 6.54 Å². The maximum Gasteiger partial charge on any atom is 0.344 e. The Hall–Kier alpha value is -1.24. The average Bonchev–Trinajstić information content (AvgIpc) is 2.80. The van der Waals surface area contributed by atoms with Gasteiger partial charge in [0.15, 0.2) is 5.16 Å². The summed E-state index contributed by atoms with van der Waals surface area (Å²) in [7, 11) is 0. The number of nitrogens with zero attached hydrogens (tertiary/aromatic N) is 2. The van der Waals surface area contributed by atoms with Gasteiger partial charge in [0.2, 0.25) is 0 Å². The van der Waals surface area contributed by atoms with E-state index >= 15 is 0 Å². The Labute approximate surface area is 133 Å². The fourth-order valence-corrected chi connectivity index (χ4v) is 3.21. The van der Waals surface area contributed by atoms with Crippen LogP contribution in [0.4, 0.5) is 0 Å². The predicted octanol–water partition coefficient (Wildman–Crippen LogP) is 3.07. The minimum atomic E-state index is -0.201. The Morgan fingerprint density at radius 2 is 2.24 bits per heavy atom. The van der Waals surface area contributed by atoms with E-state index in [0.717, 1.165) is 23.5 Å². The molecule has 0 unspecified atom stereocenters. The number of hydrogen-bond acceptors (Lipinski definition) is 4. The molecule has 2 rings (SSSR count). The summed E-state index contributed by atoms with van der Waals surface area (Å²) in [6.07, 6.45) is 0. The lowest BCUT2D eigenvalue weighted by atomic mass is 10.2. The molecule has 114 valence electrons. The number of aromatic amines is 1. The predicted molar refractivity (Wildman–Crippen MR) is 86.2 cm³/mol. The summed E-state index contributed by atoms with van der Waals surface area (Å²) in [5.41, 5.74) is 0.932. The van der Waals surface area contributed by atoms with Crippen LogP contribution in [0.25, 0.3) is 0 Å². The Morgan fingerprint density at radius 3 is 2.86 bits per heavy atom. The minimum absolute atomic E-state index is 0.0468. The second-order valence-electron chi connectivity index (χ2n) is 4.92. The molecule has 0 radical (unpaired) electrons. The van der Waals surface area contributed by atoms with Crippen molar-refractivity contribution in [1.29, 1.82) is 0 Å². The van der Waals surface area contributed by atoms with Crippen LogP contribution in [0.5, 0.6) is 0 Å². The summed E-state index contributed by atoms with van der Waals surface area (Å²) >= 11 is 7.71. The van der Waals surface area contributed by atoms with Crippen molar-refractivity contribution in [1.82, 2.24) is 20.1 Å². The quantitative estimate of drug-likeness (QED) is 0.856. The maximum atomic E-state index is 11.7. The van der Waals surface area contributed by atoms with Gasteiger partial charge in [-0.2, -0.15) is 0 Å². The molecule has 1 aromatic heterocycles. The molecule has 0 saturated carbocycles. The molecule has 1 aromatic carbocycles. The zero-order chi connectivity index (χ0) is 15.4. The lowest BCUT2D eigenvalue weighted by molar-refractivity contribution is 0.534. The lowest BCUT2D eigenvalue weighted by Gasteiger charge is -2.10. The second-order valence-corrected chi connectivity index (χ2v) is 6.34. The third-order valence-corrected chi connectivity index (χ3v) is 4.44. The molecule has 0 saturated heterocycles. The van der Waals surface area contributed by atoms with Gasteiger partial charge in [0.25, 0.3) is 0 Å². The first-order valence-electron chi connectivity index (χ1n) is 6.86. The van der Waals surface area contributed by atoms with Gasteiger partial charge in [-0.1, -0.05) is 24.6 Å². The third-order valence-electron chi connectivity index (χ3n) is 2.97. The number of benzene rings is 1. The highest BCUT2D eigenvalue weighted by atomic mass is 35.5. The summed E-state index contributed by atoms with van der Waals surface area (Å²) in [6, 6.07) is 5.98. The van der Waals surface area contributed by atoms with E-state index in [1.165, 1.54) is 11.8 Å². The van der Waals surface area contributed by atoms with Crippen LogP contribution in [0.15, 0.2) is 33.0 Å². The van der Waals surface area contributed by atoms with E-state index in [1.807, 2.05) is 32.0 Å². The summed E-state index contributed by atoms with van der Waals surface area (Å²) in [4.78, 5) is 12.6. The molecule has 0 aliphatic rings. The molecular formula is C14H19ClN4OS. The molecule has 0 aliphatic carbocycles. The van der Waals surface area contributed by atoms with Crippen molar-refractivity contribution in [3.8, 4) is 0 Å². The van der Waals surface area contributed by atoms with Crippen molar-refractivity contribution in [2.24, 2.45) is 0 Å². The first kappa shape index (κ1) is 16.1. The molecule has 2 aromatic rings. The highest BCUT2D eigenvalue weighted by Gasteiger charge is 2.14. The van der Waals surface area contributed by atoms with Crippen LogP contribution in [-0.2, 0) is 6.54 Å². The van der Waals surface area contributed by atoms with Crippen molar-refractivity contribution >= 4 is 23.4 Å².